The molecule has 1 atom stereocenters. The Bertz CT molecular complexity index is 812. The number of carbonyl (C=O) groups excluding carboxylic acids is 1. The van der Waals surface area contributed by atoms with Crippen molar-refractivity contribution in [3.05, 3.63) is 26.6 Å². The summed E-state index contributed by atoms with van der Waals surface area (Å²) in [6.07, 6.45) is 2.00. The van der Waals surface area contributed by atoms with E-state index in [1.54, 1.807) is 11.3 Å². The summed E-state index contributed by atoms with van der Waals surface area (Å²) in [7, 11) is 0. The SMILES string of the molecule is CCNC(=O)CN(CC)Cc1nc2sc(C)c(C[C@@H](C)CC)c2c(=O)[nH]1. The van der Waals surface area contributed by atoms with Gasteiger partial charge in [-0.15, -0.1) is 11.3 Å². The zero-order valence-corrected chi connectivity index (χ0v) is 17.3. The number of amides is 1. The van der Waals surface area contributed by atoms with Crippen molar-refractivity contribution >= 4 is 27.5 Å². The molecule has 26 heavy (non-hydrogen) atoms. The number of H-pyrrole nitrogens is 1. The van der Waals surface area contributed by atoms with E-state index >= 15 is 0 Å². The molecule has 0 radical (unpaired) electrons. The molecular formula is C19H30N4O2S. The summed E-state index contributed by atoms with van der Waals surface area (Å²) in [5.74, 6) is 1.14. The fraction of sp³-hybridized carbons (Fsp3) is 0.632. The average molecular weight is 379 g/mol. The fourth-order valence-electron chi connectivity index (χ4n) is 2.98. The molecule has 6 nitrogen and oxygen atoms in total. The molecular weight excluding hydrogens is 348 g/mol. The zero-order chi connectivity index (χ0) is 19.3. The van der Waals surface area contributed by atoms with Gasteiger partial charge in [-0.25, -0.2) is 4.98 Å². The third-order valence-electron chi connectivity index (χ3n) is 4.72. The van der Waals surface area contributed by atoms with Crippen LogP contribution in [0.3, 0.4) is 0 Å². The number of likely N-dealkylation sites (N-methyl/N-ethyl adjacent to an activating group) is 2. The zero-order valence-electron chi connectivity index (χ0n) is 16.4. The number of nitrogens with one attached hydrogen (secondary N) is 2. The van der Waals surface area contributed by atoms with Crippen LogP contribution < -0.4 is 10.9 Å². The Morgan fingerprint density at radius 3 is 2.69 bits per heavy atom. The maximum Gasteiger partial charge on any atom is 0.259 e. The third kappa shape index (κ3) is 4.92. The van der Waals surface area contributed by atoms with Gasteiger partial charge in [0.2, 0.25) is 5.91 Å². The van der Waals surface area contributed by atoms with Gasteiger partial charge < -0.3 is 10.3 Å². The summed E-state index contributed by atoms with van der Waals surface area (Å²) in [6, 6.07) is 0. The Labute approximate surface area is 159 Å². The number of hydrogen-bond acceptors (Lipinski definition) is 5. The molecule has 0 aromatic carbocycles. The Morgan fingerprint density at radius 2 is 2.08 bits per heavy atom. The molecule has 144 valence electrons. The Kier molecular flexibility index (Phi) is 7.34. The van der Waals surface area contributed by atoms with Crippen LogP contribution in [0.2, 0.25) is 0 Å². The molecule has 2 rings (SSSR count). The van der Waals surface area contributed by atoms with E-state index in [1.807, 2.05) is 18.7 Å². The number of aryl methyl sites for hydroxylation is 1. The van der Waals surface area contributed by atoms with Gasteiger partial charge in [-0.05, 0) is 38.3 Å². The molecule has 2 aromatic rings. The molecule has 0 aliphatic rings. The minimum absolute atomic E-state index is 0.0133. The van der Waals surface area contributed by atoms with Gasteiger partial charge in [0.05, 0.1) is 18.5 Å². The van der Waals surface area contributed by atoms with Crippen LogP contribution in [0.1, 0.15) is 50.4 Å². The minimum Gasteiger partial charge on any atom is -0.355 e. The van der Waals surface area contributed by atoms with Crippen LogP contribution >= 0.6 is 11.3 Å². The van der Waals surface area contributed by atoms with Gasteiger partial charge in [0, 0.05) is 11.4 Å². The minimum atomic E-state index is -0.0679. The highest BCUT2D eigenvalue weighted by molar-refractivity contribution is 7.18. The van der Waals surface area contributed by atoms with Gasteiger partial charge in [0.15, 0.2) is 0 Å². The van der Waals surface area contributed by atoms with E-state index in [4.69, 9.17) is 0 Å². The lowest BCUT2D eigenvalue weighted by Gasteiger charge is -2.18. The summed E-state index contributed by atoms with van der Waals surface area (Å²) in [5, 5.41) is 3.54. The number of carbonyl (C=O) groups is 1. The van der Waals surface area contributed by atoms with Crippen molar-refractivity contribution in [3.8, 4) is 0 Å². The first-order chi connectivity index (χ1) is 12.4. The van der Waals surface area contributed by atoms with Gasteiger partial charge in [0.25, 0.3) is 5.56 Å². The molecule has 1 amide bonds. The smallest absolute Gasteiger partial charge is 0.259 e. The second-order valence-corrected chi connectivity index (χ2v) is 8.01. The van der Waals surface area contributed by atoms with Crippen LogP contribution in [-0.2, 0) is 17.8 Å². The molecule has 0 fully saturated rings. The number of thiophene rings is 1. The van der Waals surface area contributed by atoms with E-state index in [0.717, 1.165) is 28.6 Å². The van der Waals surface area contributed by atoms with Crippen molar-refractivity contribution in [2.45, 2.75) is 54.0 Å². The van der Waals surface area contributed by atoms with E-state index in [-0.39, 0.29) is 11.5 Å². The molecule has 0 bridgehead atoms. The summed E-state index contributed by atoms with van der Waals surface area (Å²) in [5.41, 5.74) is 1.07. The molecule has 0 saturated carbocycles. The quantitative estimate of drug-likeness (QED) is 0.703. The van der Waals surface area contributed by atoms with Crippen molar-refractivity contribution in [2.24, 2.45) is 5.92 Å². The van der Waals surface area contributed by atoms with E-state index < -0.39 is 0 Å². The summed E-state index contributed by atoms with van der Waals surface area (Å²) in [6.45, 7) is 12.4. The fourth-order valence-corrected chi connectivity index (χ4v) is 4.05. The van der Waals surface area contributed by atoms with Gasteiger partial charge in [0.1, 0.15) is 10.7 Å². The largest absolute Gasteiger partial charge is 0.355 e. The Hall–Kier alpha value is -1.73. The molecule has 2 heterocycles. The molecule has 0 aliphatic carbocycles. The first kappa shape index (κ1) is 20.6. The van der Waals surface area contributed by atoms with E-state index in [1.165, 1.54) is 4.88 Å². The molecule has 7 heteroatoms. The average Bonchev–Trinajstić information content (AvgIpc) is 2.90. The summed E-state index contributed by atoms with van der Waals surface area (Å²) < 4.78 is 0. The van der Waals surface area contributed by atoms with Gasteiger partial charge in [-0.2, -0.15) is 0 Å². The van der Waals surface area contributed by atoms with E-state index in [9.17, 15) is 9.59 Å². The van der Waals surface area contributed by atoms with E-state index in [0.29, 0.717) is 37.9 Å². The Balaban J connectivity index is 2.28. The first-order valence-electron chi connectivity index (χ1n) is 9.39. The second-order valence-electron chi connectivity index (χ2n) is 6.80. The third-order valence-corrected chi connectivity index (χ3v) is 5.76. The molecule has 0 spiro atoms. The number of nitrogens with zero attached hydrogens (tertiary/aromatic N) is 2. The number of rotatable bonds is 9. The summed E-state index contributed by atoms with van der Waals surface area (Å²) >= 11 is 1.59. The van der Waals surface area contributed by atoms with Crippen LogP contribution in [0.4, 0.5) is 0 Å². The lowest BCUT2D eigenvalue weighted by atomic mass is 9.98. The van der Waals surface area contributed by atoms with Crippen LogP contribution in [0.5, 0.6) is 0 Å². The van der Waals surface area contributed by atoms with E-state index in [2.05, 4.69) is 36.1 Å². The molecule has 0 unspecified atom stereocenters. The van der Waals surface area contributed by atoms with Crippen LogP contribution in [0.25, 0.3) is 10.2 Å². The molecule has 2 aromatic heterocycles. The second kappa shape index (κ2) is 9.28. The van der Waals surface area contributed by atoms with Crippen molar-refractivity contribution in [2.75, 3.05) is 19.6 Å². The predicted molar refractivity (Wildman–Crippen MR) is 108 cm³/mol. The van der Waals surface area contributed by atoms with Crippen LogP contribution in [0, 0.1) is 12.8 Å². The maximum atomic E-state index is 12.7. The van der Waals surface area contributed by atoms with Gasteiger partial charge >= 0.3 is 0 Å². The topological polar surface area (TPSA) is 78.1 Å². The standard InChI is InChI=1S/C19H30N4O2S/c1-6-12(4)9-14-13(5)26-19-17(14)18(25)21-15(22-19)10-23(8-3)11-16(24)20-7-2/h12H,6-11H2,1-5H3,(H,20,24)(H,21,22,25)/t12-/m0/s1. The predicted octanol–water partition coefficient (Wildman–Crippen LogP) is 2.84. The molecule has 2 N–H and O–H groups in total. The highest BCUT2D eigenvalue weighted by atomic mass is 32.1. The highest BCUT2D eigenvalue weighted by Gasteiger charge is 2.18. The van der Waals surface area contributed by atoms with Crippen molar-refractivity contribution in [1.82, 2.24) is 20.2 Å². The highest BCUT2D eigenvalue weighted by Crippen LogP contribution is 2.29. The number of fused-ring (bicyclic) bond motifs is 1. The molecule has 0 aliphatic heterocycles. The van der Waals surface area contributed by atoms with Crippen molar-refractivity contribution < 1.29 is 4.79 Å². The van der Waals surface area contributed by atoms with Crippen LogP contribution in [-0.4, -0.2) is 40.4 Å². The van der Waals surface area contributed by atoms with Crippen LogP contribution in [0.15, 0.2) is 4.79 Å². The monoisotopic (exact) mass is 378 g/mol. The maximum absolute atomic E-state index is 12.7. The lowest BCUT2D eigenvalue weighted by molar-refractivity contribution is -0.122. The lowest BCUT2D eigenvalue weighted by Crippen LogP contribution is -2.37. The van der Waals surface area contributed by atoms with Gasteiger partial charge in [-0.3, -0.25) is 14.5 Å². The van der Waals surface area contributed by atoms with Gasteiger partial charge in [-0.1, -0.05) is 27.2 Å². The number of aromatic amines is 1. The normalized spacial score (nSPS) is 12.7. The van der Waals surface area contributed by atoms with Crippen molar-refractivity contribution in [1.29, 1.82) is 0 Å². The Morgan fingerprint density at radius 1 is 1.35 bits per heavy atom. The summed E-state index contributed by atoms with van der Waals surface area (Å²) in [4.78, 5) is 36.1. The first-order valence-corrected chi connectivity index (χ1v) is 10.2. The molecule has 0 saturated heterocycles. The van der Waals surface area contributed by atoms with Crippen molar-refractivity contribution in [3.63, 3.8) is 0 Å². The number of hydrogen-bond donors (Lipinski definition) is 2. The number of aromatic nitrogens is 2.